The second-order valence-corrected chi connectivity index (χ2v) is 5.07. The average molecular weight is 312 g/mol. The molecule has 0 atom stereocenters. The Morgan fingerprint density at radius 2 is 2.00 bits per heavy atom. The van der Waals surface area contributed by atoms with Crippen molar-refractivity contribution in [3.8, 4) is 0 Å². The lowest BCUT2D eigenvalue weighted by Gasteiger charge is -2.09. The molecule has 0 aliphatic carbocycles. The van der Waals surface area contributed by atoms with Crippen LogP contribution in [0.1, 0.15) is 5.56 Å². The van der Waals surface area contributed by atoms with Crippen molar-refractivity contribution in [3.63, 3.8) is 0 Å². The van der Waals surface area contributed by atoms with E-state index in [4.69, 9.17) is 17.3 Å². The number of hydrogen-bond acceptors (Lipinski definition) is 2. The summed E-state index contributed by atoms with van der Waals surface area (Å²) in [7, 11) is 0. The fourth-order valence-corrected chi connectivity index (χ4v) is 2.13. The van der Waals surface area contributed by atoms with E-state index in [9.17, 15) is 0 Å². The number of nitrogens with one attached hydrogen (secondary N) is 1. The molecule has 2 aromatic rings. The van der Waals surface area contributed by atoms with Gasteiger partial charge in [0.15, 0.2) is 0 Å². The van der Waals surface area contributed by atoms with E-state index in [1.807, 2.05) is 42.5 Å². The third kappa shape index (κ3) is 3.38. The number of rotatable bonds is 3. The van der Waals surface area contributed by atoms with Gasteiger partial charge in [0, 0.05) is 16.0 Å². The molecule has 0 heterocycles. The molecule has 3 N–H and O–H groups in total. The predicted molar refractivity (Wildman–Crippen MR) is 77.3 cm³/mol. The van der Waals surface area contributed by atoms with Crippen LogP contribution in [0.3, 0.4) is 0 Å². The molecule has 2 rings (SSSR count). The quantitative estimate of drug-likeness (QED) is 0.830. The number of hydrogen-bond donors (Lipinski definition) is 2. The predicted octanol–water partition coefficient (Wildman–Crippen LogP) is 4.30. The van der Waals surface area contributed by atoms with E-state index in [2.05, 4.69) is 21.2 Å². The molecule has 4 heteroatoms. The SMILES string of the molecule is Nc1cc(Br)ccc1NCc1cccc(Cl)c1. The summed E-state index contributed by atoms with van der Waals surface area (Å²) in [5.41, 5.74) is 8.67. The van der Waals surface area contributed by atoms with Crippen molar-refractivity contribution >= 4 is 38.9 Å². The number of nitrogen functional groups attached to an aromatic ring is 1. The van der Waals surface area contributed by atoms with Crippen LogP contribution in [0.2, 0.25) is 5.02 Å². The summed E-state index contributed by atoms with van der Waals surface area (Å²) in [6.45, 7) is 0.701. The molecule has 0 fully saturated rings. The molecule has 0 bridgehead atoms. The van der Waals surface area contributed by atoms with Crippen LogP contribution < -0.4 is 11.1 Å². The number of halogens is 2. The summed E-state index contributed by atoms with van der Waals surface area (Å²) in [6, 6.07) is 13.5. The topological polar surface area (TPSA) is 38.0 Å². The van der Waals surface area contributed by atoms with Gasteiger partial charge in [-0.2, -0.15) is 0 Å². The molecule has 88 valence electrons. The highest BCUT2D eigenvalue weighted by Gasteiger charge is 2.00. The lowest BCUT2D eigenvalue weighted by Crippen LogP contribution is -2.02. The molecule has 2 nitrogen and oxygen atoms in total. The van der Waals surface area contributed by atoms with Crippen molar-refractivity contribution < 1.29 is 0 Å². The third-order valence-electron chi connectivity index (χ3n) is 2.39. The molecule has 0 aliphatic rings. The maximum Gasteiger partial charge on any atom is 0.0577 e. The smallest absolute Gasteiger partial charge is 0.0577 e. The van der Waals surface area contributed by atoms with Crippen LogP contribution in [0, 0.1) is 0 Å². The van der Waals surface area contributed by atoms with Crippen LogP contribution in [-0.2, 0) is 6.54 Å². The third-order valence-corrected chi connectivity index (χ3v) is 3.11. The number of anilines is 2. The monoisotopic (exact) mass is 310 g/mol. The Labute approximate surface area is 114 Å². The van der Waals surface area contributed by atoms with Crippen molar-refractivity contribution in [1.29, 1.82) is 0 Å². The lowest BCUT2D eigenvalue weighted by molar-refractivity contribution is 1.15. The van der Waals surface area contributed by atoms with Crippen LogP contribution in [0.5, 0.6) is 0 Å². The molecule has 0 radical (unpaired) electrons. The largest absolute Gasteiger partial charge is 0.397 e. The first kappa shape index (κ1) is 12.3. The summed E-state index contributed by atoms with van der Waals surface area (Å²) < 4.78 is 0.975. The molecule has 0 aromatic heterocycles. The molecular weight excluding hydrogens is 300 g/mol. The molecule has 0 unspecified atom stereocenters. The van der Waals surface area contributed by atoms with Gasteiger partial charge in [-0.3, -0.25) is 0 Å². The van der Waals surface area contributed by atoms with Gasteiger partial charge in [-0.05, 0) is 35.9 Å². The normalized spacial score (nSPS) is 10.2. The zero-order valence-electron chi connectivity index (χ0n) is 9.08. The zero-order valence-corrected chi connectivity index (χ0v) is 11.4. The molecule has 0 aliphatic heterocycles. The fourth-order valence-electron chi connectivity index (χ4n) is 1.54. The number of nitrogens with two attached hydrogens (primary N) is 1. The number of benzene rings is 2. The summed E-state index contributed by atoms with van der Waals surface area (Å²) in [6.07, 6.45) is 0. The molecule has 17 heavy (non-hydrogen) atoms. The standard InChI is InChI=1S/C13H12BrClN2/c14-10-4-5-13(12(16)7-10)17-8-9-2-1-3-11(15)6-9/h1-7,17H,8,16H2. The summed E-state index contributed by atoms with van der Waals surface area (Å²) >= 11 is 9.30. The van der Waals surface area contributed by atoms with Crippen molar-refractivity contribution in [3.05, 3.63) is 57.5 Å². The van der Waals surface area contributed by atoms with E-state index in [1.165, 1.54) is 0 Å². The minimum absolute atomic E-state index is 0.701. The van der Waals surface area contributed by atoms with Gasteiger partial charge in [-0.1, -0.05) is 39.7 Å². The van der Waals surface area contributed by atoms with E-state index in [0.717, 1.165) is 26.4 Å². The van der Waals surface area contributed by atoms with Gasteiger partial charge in [-0.15, -0.1) is 0 Å². The van der Waals surface area contributed by atoms with Crippen LogP contribution >= 0.6 is 27.5 Å². The van der Waals surface area contributed by atoms with E-state index in [1.54, 1.807) is 0 Å². The first-order valence-electron chi connectivity index (χ1n) is 5.18. The second-order valence-electron chi connectivity index (χ2n) is 3.72. The van der Waals surface area contributed by atoms with Gasteiger partial charge in [0.2, 0.25) is 0 Å². The Morgan fingerprint density at radius 1 is 1.18 bits per heavy atom. The summed E-state index contributed by atoms with van der Waals surface area (Å²) in [5.74, 6) is 0. The maximum atomic E-state index is 5.92. The average Bonchev–Trinajstić information content (AvgIpc) is 2.28. The molecule has 0 saturated heterocycles. The summed E-state index contributed by atoms with van der Waals surface area (Å²) in [5, 5.41) is 4.02. The van der Waals surface area contributed by atoms with Crippen LogP contribution in [0.25, 0.3) is 0 Å². The Balaban J connectivity index is 2.07. The van der Waals surface area contributed by atoms with Gasteiger partial charge < -0.3 is 11.1 Å². The van der Waals surface area contributed by atoms with Crippen LogP contribution in [0.4, 0.5) is 11.4 Å². The van der Waals surface area contributed by atoms with Gasteiger partial charge in [0.1, 0.15) is 0 Å². The van der Waals surface area contributed by atoms with Crippen LogP contribution in [0.15, 0.2) is 46.9 Å². The molecular formula is C13H12BrClN2. The van der Waals surface area contributed by atoms with Crippen molar-refractivity contribution in [2.45, 2.75) is 6.54 Å². The Morgan fingerprint density at radius 3 is 2.71 bits per heavy atom. The van der Waals surface area contributed by atoms with E-state index in [-0.39, 0.29) is 0 Å². The molecule has 0 spiro atoms. The highest BCUT2D eigenvalue weighted by molar-refractivity contribution is 9.10. The van der Waals surface area contributed by atoms with Gasteiger partial charge in [0.25, 0.3) is 0 Å². The molecule has 0 saturated carbocycles. The maximum absolute atomic E-state index is 5.92. The van der Waals surface area contributed by atoms with Crippen molar-refractivity contribution in [2.24, 2.45) is 0 Å². The first-order valence-corrected chi connectivity index (χ1v) is 6.35. The highest BCUT2D eigenvalue weighted by Crippen LogP contribution is 2.23. The van der Waals surface area contributed by atoms with Crippen molar-refractivity contribution in [1.82, 2.24) is 0 Å². The highest BCUT2D eigenvalue weighted by atomic mass is 79.9. The first-order chi connectivity index (χ1) is 8.15. The molecule has 0 amide bonds. The van der Waals surface area contributed by atoms with Gasteiger partial charge in [-0.25, -0.2) is 0 Å². The van der Waals surface area contributed by atoms with E-state index < -0.39 is 0 Å². The van der Waals surface area contributed by atoms with Crippen molar-refractivity contribution in [2.75, 3.05) is 11.1 Å². The minimum atomic E-state index is 0.701. The van der Waals surface area contributed by atoms with E-state index in [0.29, 0.717) is 6.54 Å². The lowest BCUT2D eigenvalue weighted by atomic mass is 10.2. The van der Waals surface area contributed by atoms with Crippen LogP contribution in [-0.4, -0.2) is 0 Å². The second kappa shape index (κ2) is 5.43. The van der Waals surface area contributed by atoms with Gasteiger partial charge in [0.05, 0.1) is 11.4 Å². The van der Waals surface area contributed by atoms with Gasteiger partial charge >= 0.3 is 0 Å². The molecule has 2 aromatic carbocycles. The fraction of sp³-hybridized carbons (Fsp3) is 0.0769. The Kier molecular flexibility index (Phi) is 3.92. The van der Waals surface area contributed by atoms with E-state index >= 15 is 0 Å². The minimum Gasteiger partial charge on any atom is -0.397 e. The zero-order chi connectivity index (χ0) is 12.3. The summed E-state index contributed by atoms with van der Waals surface area (Å²) in [4.78, 5) is 0. The Bertz CT molecular complexity index is 529. The Hall–Kier alpha value is -1.19.